The van der Waals surface area contributed by atoms with Crippen molar-refractivity contribution in [2.75, 3.05) is 12.8 Å². The highest BCUT2D eigenvalue weighted by atomic mass is 35.5. The summed E-state index contributed by atoms with van der Waals surface area (Å²) >= 11 is 6.57. The molecule has 1 aromatic carbocycles. The lowest BCUT2D eigenvalue weighted by molar-refractivity contribution is -0.211. The van der Waals surface area contributed by atoms with E-state index in [4.69, 9.17) is 11.6 Å². The number of benzene rings is 1. The van der Waals surface area contributed by atoms with Crippen LogP contribution in [0.15, 0.2) is 24.3 Å². The number of halogens is 4. The Bertz CT molecular complexity index is 1180. The molecule has 1 N–H and O–H groups in total. The number of carbonyl (C=O) groups is 1. The van der Waals surface area contributed by atoms with Crippen LogP contribution in [0.5, 0.6) is 0 Å². The van der Waals surface area contributed by atoms with Crippen LogP contribution < -0.4 is 5.32 Å². The SMILES string of the molecule is CCn1nc(C(=O)NCC2CCC(S(C)(=O)=O)CC2)c(Cl)c1-c1ccc(CC(C)(C)C(F)(F)F)cc1. The molecule has 11 heteroatoms. The van der Waals surface area contributed by atoms with Gasteiger partial charge in [-0.15, -0.1) is 0 Å². The maximum Gasteiger partial charge on any atom is 0.394 e. The fourth-order valence-electron chi connectivity index (χ4n) is 4.57. The standard InChI is InChI=1S/C25H33ClF3N3O3S/c1-5-32-22(18-10-6-16(7-11-18)14-24(2,3)25(27,28)29)20(26)21(31-32)23(33)30-15-17-8-12-19(13-9-17)36(4,34)35/h6-7,10-11,17,19H,5,8-9,12-15H2,1-4H3,(H,30,33). The summed E-state index contributed by atoms with van der Waals surface area (Å²) in [6.07, 6.45) is -0.589. The molecule has 1 aliphatic carbocycles. The molecule has 1 heterocycles. The van der Waals surface area contributed by atoms with Crippen LogP contribution in [0.3, 0.4) is 0 Å². The number of nitrogens with zero attached hydrogens (tertiary/aromatic N) is 2. The zero-order chi connectivity index (χ0) is 26.9. The molecule has 36 heavy (non-hydrogen) atoms. The molecule has 0 saturated heterocycles. The number of aryl methyl sites for hydroxylation is 1. The number of carbonyl (C=O) groups excluding carboxylic acids is 1. The van der Waals surface area contributed by atoms with Gasteiger partial charge in [-0.2, -0.15) is 18.3 Å². The van der Waals surface area contributed by atoms with Gasteiger partial charge in [-0.3, -0.25) is 9.48 Å². The molecule has 1 aliphatic rings. The first-order valence-corrected chi connectivity index (χ1v) is 14.4. The molecule has 1 fully saturated rings. The first-order valence-electron chi connectivity index (χ1n) is 12.0. The molecule has 200 valence electrons. The molecule has 1 amide bonds. The lowest BCUT2D eigenvalue weighted by atomic mass is 9.85. The molecule has 0 unspecified atom stereocenters. The van der Waals surface area contributed by atoms with Crippen molar-refractivity contribution >= 4 is 27.3 Å². The third-order valence-corrected chi connectivity index (χ3v) is 9.04. The van der Waals surface area contributed by atoms with E-state index in [0.29, 0.717) is 42.8 Å². The number of hydrogen-bond donors (Lipinski definition) is 1. The number of amides is 1. The topological polar surface area (TPSA) is 81.1 Å². The van der Waals surface area contributed by atoms with Gasteiger partial charge in [-0.25, -0.2) is 8.42 Å². The summed E-state index contributed by atoms with van der Waals surface area (Å²) in [6, 6.07) is 6.66. The zero-order valence-corrected chi connectivity index (χ0v) is 22.5. The third-order valence-electron chi connectivity index (χ3n) is 7.00. The number of alkyl halides is 3. The molecule has 0 radical (unpaired) electrons. The van der Waals surface area contributed by atoms with E-state index in [-0.39, 0.29) is 28.3 Å². The molecule has 0 bridgehead atoms. The Balaban J connectivity index is 1.70. The highest BCUT2D eigenvalue weighted by molar-refractivity contribution is 7.91. The van der Waals surface area contributed by atoms with Crippen LogP contribution in [0.2, 0.25) is 5.02 Å². The van der Waals surface area contributed by atoms with Crippen molar-refractivity contribution in [3.05, 3.63) is 40.5 Å². The van der Waals surface area contributed by atoms with Crippen molar-refractivity contribution in [2.24, 2.45) is 11.3 Å². The lowest BCUT2D eigenvalue weighted by Crippen LogP contribution is -2.34. The fraction of sp³-hybridized carbons (Fsp3) is 0.600. The van der Waals surface area contributed by atoms with E-state index in [0.717, 1.165) is 12.8 Å². The highest BCUT2D eigenvalue weighted by Gasteiger charge is 2.46. The first kappa shape index (κ1) is 28.5. The van der Waals surface area contributed by atoms with E-state index < -0.39 is 27.3 Å². The summed E-state index contributed by atoms with van der Waals surface area (Å²) in [5, 5.41) is 7.11. The summed E-state index contributed by atoms with van der Waals surface area (Å²) in [5.41, 5.74) is -0.0447. The predicted molar refractivity (Wildman–Crippen MR) is 135 cm³/mol. The van der Waals surface area contributed by atoms with E-state index in [1.54, 1.807) is 28.9 Å². The summed E-state index contributed by atoms with van der Waals surface area (Å²) in [5.74, 6) is -0.228. The van der Waals surface area contributed by atoms with Gasteiger partial charge in [0.25, 0.3) is 5.91 Å². The Hall–Kier alpha value is -2.07. The Morgan fingerprint density at radius 2 is 1.72 bits per heavy atom. The monoisotopic (exact) mass is 547 g/mol. The van der Waals surface area contributed by atoms with Gasteiger partial charge in [0.05, 0.1) is 21.4 Å². The molecular formula is C25H33ClF3N3O3S. The third kappa shape index (κ3) is 6.43. The van der Waals surface area contributed by atoms with E-state index >= 15 is 0 Å². The normalized spacial score (nSPS) is 19.3. The van der Waals surface area contributed by atoms with Crippen molar-refractivity contribution in [3.8, 4) is 11.3 Å². The Morgan fingerprint density at radius 1 is 1.14 bits per heavy atom. The van der Waals surface area contributed by atoms with Gasteiger partial charge in [0, 0.05) is 24.9 Å². The molecule has 6 nitrogen and oxygen atoms in total. The first-order chi connectivity index (χ1) is 16.6. The number of sulfone groups is 1. The molecular weight excluding hydrogens is 515 g/mol. The van der Waals surface area contributed by atoms with E-state index in [1.165, 1.54) is 20.1 Å². The summed E-state index contributed by atoms with van der Waals surface area (Å²) < 4.78 is 64.8. The zero-order valence-electron chi connectivity index (χ0n) is 21.0. The van der Waals surface area contributed by atoms with Crippen LogP contribution in [0.25, 0.3) is 11.3 Å². The average molecular weight is 548 g/mol. The van der Waals surface area contributed by atoms with Gasteiger partial charge >= 0.3 is 6.18 Å². The number of nitrogens with one attached hydrogen (secondary N) is 1. The minimum Gasteiger partial charge on any atom is -0.350 e. The van der Waals surface area contributed by atoms with Crippen LogP contribution in [0, 0.1) is 11.3 Å². The molecule has 0 spiro atoms. The van der Waals surface area contributed by atoms with Crippen LogP contribution >= 0.6 is 11.6 Å². The van der Waals surface area contributed by atoms with Gasteiger partial charge in [0.2, 0.25) is 0 Å². The maximum atomic E-state index is 13.2. The second-order valence-electron chi connectivity index (χ2n) is 10.3. The van der Waals surface area contributed by atoms with Crippen LogP contribution in [-0.2, 0) is 22.8 Å². The van der Waals surface area contributed by atoms with Crippen molar-refractivity contribution in [1.29, 1.82) is 0 Å². The molecule has 1 aromatic heterocycles. The average Bonchev–Trinajstić information content (AvgIpc) is 3.13. The Labute approximate surface area is 215 Å². The lowest BCUT2D eigenvalue weighted by Gasteiger charge is -2.27. The molecule has 0 aliphatic heterocycles. The minimum atomic E-state index is -4.31. The summed E-state index contributed by atoms with van der Waals surface area (Å²) in [4.78, 5) is 12.9. The van der Waals surface area contributed by atoms with Crippen molar-refractivity contribution < 1.29 is 26.4 Å². The minimum absolute atomic E-state index is 0.0839. The smallest absolute Gasteiger partial charge is 0.350 e. The van der Waals surface area contributed by atoms with E-state index in [1.807, 2.05) is 6.92 Å². The highest BCUT2D eigenvalue weighted by Crippen LogP contribution is 2.40. The van der Waals surface area contributed by atoms with Gasteiger partial charge in [0.15, 0.2) is 5.69 Å². The molecule has 3 rings (SSSR count). The maximum absolute atomic E-state index is 13.2. The van der Waals surface area contributed by atoms with Gasteiger partial charge in [-0.1, -0.05) is 49.7 Å². The van der Waals surface area contributed by atoms with E-state index in [2.05, 4.69) is 10.4 Å². The summed E-state index contributed by atoms with van der Waals surface area (Å²) in [7, 11) is -3.05. The number of aromatic nitrogens is 2. The summed E-state index contributed by atoms with van der Waals surface area (Å²) in [6.45, 7) is 5.05. The number of hydrogen-bond acceptors (Lipinski definition) is 4. The molecule has 1 saturated carbocycles. The largest absolute Gasteiger partial charge is 0.394 e. The van der Waals surface area contributed by atoms with Crippen molar-refractivity contribution in [2.45, 2.75) is 70.8 Å². The second-order valence-corrected chi connectivity index (χ2v) is 13.0. The second kappa shape index (κ2) is 10.7. The van der Waals surface area contributed by atoms with Gasteiger partial charge in [-0.05, 0) is 50.5 Å². The Morgan fingerprint density at radius 3 is 2.22 bits per heavy atom. The van der Waals surface area contributed by atoms with E-state index in [9.17, 15) is 26.4 Å². The number of rotatable bonds is 8. The van der Waals surface area contributed by atoms with Crippen LogP contribution in [0.1, 0.15) is 62.5 Å². The quantitative estimate of drug-likeness (QED) is 0.460. The van der Waals surface area contributed by atoms with Gasteiger partial charge in [0.1, 0.15) is 9.84 Å². The fourth-order valence-corrected chi connectivity index (χ4v) is 6.02. The van der Waals surface area contributed by atoms with Crippen molar-refractivity contribution in [1.82, 2.24) is 15.1 Å². The molecule has 0 atom stereocenters. The Kier molecular flexibility index (Phi) is 8.50. The van der Waals surface area contributed by atoms with Gasteiger partial charge < -0.3 is 5.32 Å². The predicted octanol–water partition coefficient (Wildman–Crippen LogP) is 5.69. The molecule has 2 aromatic rings. The van der Waals surface area contributed by atoms with Crippen molar-refractivity contribution in [3.63, 3.8) is 0 Å². The van der Waals surface area contributed by atoms with Crippen LogP contribution in [0.4, 0.5) is 13.2 Å². The van der Waals surface area contributed by atoms with Crippen LogP contribution in [-0.4, -0.2) is 48.3 Å².